The van der Waals surface area contributed by atoms with Gasteiger partial charge in [0.2, 0.25) is 0 Å². The van der Waals surface area contributed by atoms with Crippen molar-refractivity contribution >= 4 is 17.6 Å². The van der Waals surface area contributed by atoms with Crippen molar-refractivity contribution in [2.24, 2.45) is 0 Å². The van der Waals surface area contributed by atoms with Gasteiger partial charge < -0.3 is 15.6 Å². The van der Waals surface area contributed by atoms with Gasteiger partial charge in [-0.2, -0.15) is 4.98 Å². The van der Waals surface area contributed by atoms with E-state index in [0.29, 0.717) is 5.75 Å². The van der Waals surface area contributed by atoms with E-state index in [9.17, 15) is 9.18 Å². The summed E-state index contributed by atoms with van der Waals surface area (Å²) < 4.78 is 19.5. The molecule has 1 saturated heterocycles. The van der Waals surface area contributed by atoms with Crippen LogP contribution in [0.2, 0.25) is 0 Å². The molecule has 0 saturated carbocycles. The molecule has 0 aromatic carbocycles. The highest BCUT2D eigenvalue weighted by atomic mass is 32.2. The second-order valence-electron chi connectivity index (χ2n) is 3.20. The molecule has 2 atom stereocenters. The minimum atomic E-state index is -0.763. The highest BCUT2D eigenvalue weighted by Crippen LogP contribution is 2.30. The molecule has 1 aromatic heterocycles. The fourth-order valence-corrected chi connectivity index (χ4v) is 2.28. The van der Waals surface area contributed by atoms with Crippen molar-refractivity contribution in [2.75, 3.05) is 18.1 Å². The lowest BCUT2D eigenvalue weighted by atomic mass is 10.5. The van der Waals surface area contributed by atoms with Crippen LogP contribution in [0.25, 0.3) is 0 Å². The molecular weight excluding hydrogens is 237 g/mol. The Morgan fingerprint density at radius 1 is 1.81 bits per heavy atom. The lowest BCUT2D eigenvalue weighted by Gasteiger charge is -2.13. The number of anilines is 1. The summed E-state index contributed by atoms with van der Waals surface area (Å²) in [4.78, 5) is 14.8. The highest BCUT2D eigenvalue weighted by molar-refractivity contribution is 8.00. The van der Waals surface area contributed by atoms with Crippen LogP contribution in [-0.2, 0) is 4.74 Å². The zero-order chi connectivity index (χ0) is 11.7. The molecule has 2 rings (SSSR count). The number of thioether (sulfide) groups is 1. The number of rotatable bonds is 2. The van der Waals surface area contributed by atoms with Crippen LogP contribution in [0, 0.1) is 5.82 Å². The third kappa shape index (κ3) is 2.04. The number of halogens is 1. The molecule has 1 fully saturated rings. The van der Waals surface area contributed by atoms with Crippen molar-refractivity contribution in [3.63, 3.8) is 0 Å². The normalized spacial score (nSPS) is 24.9. The van der Waals surface area contributed by atoms with Crippen molar-refractivity contribution in [3.05, 3.63) is 22.5 Å². The zero-order valence-corrected chi connectivity index (χ0v) is 8.98. The molecule has 88 valence electrons. The maximum Gasteiger partial charge on any atom is 0.351 e. The monoisotopic (exact) mass is 247 g/mol. The number of hydrogen-bond acceptors (Lipinski definition) is 6. The van der Waals surface area contributed by atoms with Gasteiger partial charge in [-0.1, -0.05) is 0 Å². The average molecular weight is 247 g/mol. The summed E-state index contributed by atoms with van der Waals surface area (Å²) in [5.41, 5.74) is 4.10. The zero-order valence-electron chi connectivity index (χ0n) is 8.17. The number of nitrogens with zero attached hydrogens (tertiary/aromatic N) is 2. The smallest absolute Gasteiger partial charge is 0.351 e. The maximum absolute atomic E-state index is 13.1. The number of hydrogen-bond donors (Lipinski definition) is 2. The first-order valence-electron chi connectivity index (χ1n) is 4.54. The third-order valence-corrected chi connectivity index (χ3v) is 3.24. The van der Waals surface area contributed by atoms with E-state index >= 15 is 0 Å². The minimum Gasteiger partial charge on any atom is -0.393 e. The molecule has 0 aliphatic carbocycles. The van der Waals surface area contributed by atoms with Crippen LogP contribution < -0.4 is 11.4 Å². The van der Waals surface area contributed by atoms with E-state index in [4.69, 9.17) is 15.6 Å². The van der Waals surface area contributed by atoms with Crippen LogP contribution >= 0.6 is 11.8 Å². The third-order valence-electron chi connectivity index (χ3n) is 2.13. The molecule has 0 bridgehead atoms. The molecule has 1 aliphatic rings. The highest BCUT2D eigenvalue weighted by Gasteiger charge is 2.27. The number of aliphatic hydroxyl groups excluding tert-OH is 1. The van der Waals surface area contributed by atoms with Crippen LogP contribution in [0.15, 0.2) is 11.0 Å². The van der Waals surface area contributed by atoms with Crippen molar-refractivity contribution in [2.45, 2.75) is 11.7 Å². The van der Waals surface area contributed by atoms with Crippen LogP contribution in [0.1, 0.15) is 6.23 Å². The molecule has 0 radical (unpaired) electrons. The number of ether oxygens (including phenoxy) is 1. The predicted molar refractivity (Wildman–Crippen MR) is 56.3 cm³/mol. The largest absolute Gasteiger partial charge is 0.393 e. The summed E-state index contributed by atoms with van der Waals surface area (Å²) in [6.45, 7) is -0.152. The fourth-order valence-electron chi connectivity index (χ4n) is 1.35. The molecule has 0 amide bonds. The summed E-state index contributed by atoms with van der Waals surface area (Å²) in [6, 6.07) is 0. The average Bonchev–Trinajstić information content (AvgIpc) is 2.71. The summed E-state index contributed by atoms with van der Waals surface area (Å²) in [5.74, 6) is -0.734. The van der Waals surface area contributed by atoms with Crippen molar-refractivity contribution in [1.29, 1.82) is 0 Å². The van der Waals surface area contributed by atoms with E-state index < -0.39 is 29.0 Å². The quantitative estimate of drug-likeness (QED) is 0.735. The first-order chi connectivity index (χ1) is 7.61. The Morgan fingerprint density at radius 2 is 2.56 bits per heavy atom. The number of aliphatic hydroxyl groups is 1. The van der Waals surface area contributed by atoms with E-state index in [2.05, 4.69) is 4.98 Å². The Labute approximate surface area is 94.2 Å². The number of nitrogens with two attached hydrogens (primary N) is 1. The van der Waals surface area contributed by atoms with Crippen molar-refractivity contribution < 1.29 is 14.2 Å². The topological polar surface area (TPSA) is 90.4 Å². The van der Waals surface area contributed by atoms with Crippen LogP contribution in [0.3, 0.4) is 0 Å². The van der Waals surface area contributed by atoms with Crippen LogP contribution in [0.4, 0.5) is 10.2 Å². The van der Waals surface area contributed by atoms with Gasteiger partial charge in [-0.15, -0.1) is 11.8 Å². The number of aromatic nitrogens is 2. The van der Waals surface area contributed by atoms with Gasteiger partial charge in [-0.3, -0.25) is 4.57 Å². The summed E-state index contributed by atoms with van der Waals surface area (Å²) in [5, 5.41) is 8.86. The summed E-state index contributed by atoms with van der Waals surface area (Å²) in [6.07, 6.45) is 0.354. The SMILES string of the molecule is Nc1nc(=O)n(C2CS[C@@H](CO)O2)cc1F. The Kier molecular flexibility index (Phi) is 3.13. The van der Waals surface area contributed by atoms with E-state index in [1.54, 1.807) is 0 Å². The van der Waals surface area contributed by atoms with Crippen LogP contribution in [-0.4, -0.2) is 32.5 Å². The van der Waals surface area contributed by atoms with E-state index in [-0.39, 0.29) is 6.61 Å². The predicted octanol–water partition coefficient (Wildman–Crippen LogP) is -0.455. The molecule has 0 spiro atoms. The first kappa shape index (κ1) is 11.4. The van der Waals surface area contributed by atoms with E-state index in [1.807, 2.05) is 0 Å². The Bertz CT molecular complexity index is 453. The van der Waals surface area contributed by atoms with Gasteiger partial charge in [0.15, 0.2) is 11.6 Å². The van der Waals surface area contributed by atoms with Gasteiger partial charge in [0.25, 0.3) is 0 Å². The molecule has 6 nitrogen and oxygen atoms in total. The molecule has 1 aromatic rings. The van der Waals surface area contributed by atoms with E-state index in [1.165, 1.54) is 11.8 Å². The number of nitrogen functional groups attached to an aromatic ring is 1. The van der Waals surface area contributed by atoms with Gasteiger partial charge in [0.1, 0.15) is 11.7 Å². The van der Waals surface area contributed by atoms with Gasteiger partial charge in [0.05, 0.1) is 12.8 Å². The molecular formula is C8H10FN3O3S. The summed E-state index contributed by atoms with van der Waals surface area (Å²) >= 11 is 1.35. The van der Waals surface area contributed by atoms with Gasteiger partial charge in [-0.25, -0.2) is 9.18 Å². The minimum absolute atomic E-state index is 0.152. The molecule has 1 unspecified atom stereocenters. The van der Waals surface area contributed by atoms with Gasteiger partial charge >= 0.3 is 5.69 Å². The Balaban J connectivity index is 2.28. The van der Waals surface area contributed by atoms with Gasteiger partial charge in [-0.05, 0) is 0 Å². The Morgan fingerprint density at radius 3 is 3.19 bits per heavy atom. The first-order valence-corrected chi connectivity index (χ1v) is 5.58. The summed E-state index contributed by atoms with van der Waals surface area (Å²) in [7, 11) is 0. The van der Waals surface area contributed by atoms with Gasteiger partial charge in [0, 0.05) is 5.75 Å². The molecule has 16 heavy (non-hydrogen) atoms. The van der Waals surface area contributed by atoms with Crippen molar-refractivity contribution in [3.8, 4) is 0 Å². The van der Waals surface area contributed by atoms with Crippen LogP contribution in [0.5, 0.6) is 0 Å². The second-order valence-corrected chi connectivity index (χ2v) is 4.39. The van der Waals surface area contributed by atoms with Crippen molar-refractivity contribution in [1.82, 2.24) is 9.55 Å². The lowest BCUT2D eigenvalue weighted by molar-refractivity contribution is -0.00677. The molecule has 2 heterocycles. The molecule has 8 heteroatoms. The standard InChI is InChI=1S/C8H10FN3O3S/c9-4-1-12(8(14)11-7(4)10)5-3-16-6(2-13)15-5/h1,5-6,13H,2-3H2,(H2,10,11,14)/t5?,6-/m0/s1. The lowest BCUT2D eigenvalue weighted by Crippen LogP contribution is -2.29. The maximum atomic E-state index is 13.1. The molecule has 1 aliphatic heterocycles. The fraction of sp³-hybridized carbons (Fsp3) is 0.500. The molecule has 3 N–H and O–H groups in total. The Hall–Kier alpha value is -1.12. The van der Waals surface area contributed by atoms with E-state index in [0.717, 1.165) is 10.8 Å². The second kappa shape index (κ2) is 4.40.